The first kappa shape index (κ1) is 14.5. The molecule has 1 aromatic carbocycles. The molecule has 1 unspecified atom stereocenters. The Morgan fingerprint density at radius 2 is 2.00 bits per heavy atom. The minimum absolute atomic E-state index is 0.397. The standard InChI is InChI=1S/C16H24N4/c1-20(2)13-7-11-16(15(17)10-6-12-18-16)19-14-8-4-3-5-9-14/h3-6,8-10,12,18-19H,7,11,13,17H2,1-2H3. The van der Waals surface area contributed by atoms with Crippen LogP contribution in [0.3, 0.4) is 0 Å². The van der Waals surface area contributed by atoms with Crippen LogP contribution >= 0.6 is 0 Å². The molecule has 4 nitrogen and oxygen atoms in total. The highest BCUT2D eigenvalue weighted by Gasteiger charge is 2.32. The predicted molar refractivity (Wildman–Crippen MR) is 85.1 cm³/mol. The number of para-hydroxylation sites is 1. The predicted octanol–water partition coefficient (Wildman–Crippen LogP) is 2.10. The van der Waals surface area contributed by atoms with Crippen molar-refractivity contribution in [3.8, 4) is 0 Å². The van der Waals surface area contributed by atoms with Gasteiger partial charge in [-0.15, -0.1) is 0 Å². The number of nitrogens with one attached hydrogen (secondary N) is 2. The molecule has 108 valence electrons. The average molecular weight is 272 g/mol. The molecule has 4 N–H and O–H groups in total. The Morgan fingerprint density at radius 3 is 2.65 bits per heavy atom. The van der Waals surface area contributed by atoms with Gasteiger partial charge in [0.1, 0.15) is 5.66 Å². The minimum atomic E-state index is -0.397. The van der Waals surface area contributed by atoms with Crippen LogP contribution in [0.25, 0.3) is 0 Å². The van der Waals surface area contributed by atoms with Gasteiger partial charge in [0, 0.05) is 5.69 Å². The van der Waals surface area contributed by atoms with Gasteiger partial charge in [0.05, 0.1) is 5.70 Å². The summed E-state index contributed by atoms with van der Waals surface area (Å²) in [5, 5.41) is 6.94. The second-order valence-electron chi connectivity index (χ2n) is 5.43. The van der Waals surface area contributed by atoms with E-state index in [4.69, 9.17) is 5.73 Å². The van der Waals surface area contributed by atoms with Gasteiger partial charge in [-0.05, 0) is 64.0 Å². The van der Waals surface area contributed by atoms with E-state index in [1.807, 2.05) is 36.6 Å². The molecular formula is C16H24N4. The molecule has 4 heteroatoms. The molecule has 1 atom stereocenters. The third-order valence-electron chi connectivity index (χ3n) is 3.48. The number of rotatable bonds is 6. The van der Waals surface area contributed by atoms with E-state index in [0.29, 0.717) is 0 Å². The molecule has 0 aliphatic carbocycles. The third-order valence-corrected chi connectivity index (χ3v) is 3.48. The van der Waals surface area contributed by atoms with Crippen molar-refractivity contribution in [3.05, 3.63) is 54.4 Å². The fourth-order valence-electron chi connectivity index (χ4n) is 2.38. The number of allylic oxidation sites excluding steroid dienone is 2. The minimum Gasteiger partial charge on any atom is -0.399 e. The van der Waals surface area contributed by atoms with Crippen LogP contribution in [0.4, 0.5) is 5.69 Å². The van der Waals surface area contributed by atoms with Crippen LogP contribution < -0.4 is 16.4 Å². The highest BCUT2D eigenvalue weighted by Crippen LogP contribution is 2.25. The largest absolute Gasteiger partial charge is 0.399 e. The van der Waals surface area contributed by atoms with Crippen LogP contribution in [0.5, 0.6) is 0 Å². The van der Waals surface area contributed by atoms with E-state index in [2.05, 4.69) is 41.8 Å². The number of nitrogens with two attached hydrogens (primary N) is 1. The Hall–Kier alpha value is -1.94. The van der Waals surface area contributed by atoms with Crippen LogP contribution in [-0.4, -0.2) is 31.2 Å². The molecule has 0 bridgehead atoms. The molecule has 0 fully saturated rings. The van der Waals surface area contributed by atoms with E-state index in [1.165, 1.54) is 0 Å². The maximum atomic E-state index is 6.25. The second-order valence-corrected chi connectivity index (χ2v) is 5.43. The SMILES string of the molecule is CN(C)CCCC1(Nc2ccccc2)NC=CC=C1N. The Balaban J connectivity index is 2.12. The molecule has 1 heterocycles. The molecule has 20 heavy (non-hydrogen) atoms. The van der Waals surface area contributed by atoms with Gasteiger partial charge in [-0.1, -0.05) is 18.2 Å². The summed E-state index contributed by atoms with van der Waals surface area (Å²) in [6.07, 6.45) is 7.82. The highest BCUT2D eigenvalue weighted by atomic mass is 15.2. The maximum absolute atomic E-state index is 6.25. The fourth-order valence-corrected chi connectivity index (χ4v) is 2.38. The molecular weight excluding hydrogens is 248 g/mol. The molecule has 0 spiro atoms. The van der Waals surface area contributed by atoms with Crippen LogP contribution in [0.15, 0.2) is 54.4 Å². The summed E-state index contributed by atoms with van der Waals surface area (Å²) >= 11 is 0. The van der Waals surface area contributed by atoms with Gasteiger partial charge in [0.15, 0.2) is 0 Å². The van der Waals surface area contributed by atoms with Gasteiger partial charge >= 0.3 is 0 Å². The van der Waals surface area contributed by atoms with E-state index in [1.54, 1.807) is 0 Å². The average Bonchev–Trinajstić information content (AvgIpc) is 2.43. The topological polar surface area (TPSA) is 53.3 Å². The second kappa shape index (κ2) is 6.48. The molecule has 1 aliphatic heterocycles. The zero-order valence-corrected chi connectivity index (χ0v) is 12.3. The monoisotopic (exact) mass is 272 g/mol. The molecule has 2 rings (SSSR count). The molecule has 0 radical (unpaired) electrons. The normalized spacial score (nSPS) is 21.4. The molecule has 1 aromatic rings. The Morgan fingerprint density at radius 1 is 1.25 bits per heavy atom. The van der Waals surface area contributed by atoms with Crippen molar-refractivity contribution in [2.45, 2.75) is 18.5 Å². The number of dihydropyridines is 1. The van der Waals surface area contributed by atoms with Gasteiger partial charge in [-0.25, -0.2) is 0 Å². The van der Waals surface area contributed by atoms with Gasteiger partial charge in [0.2, 0.25) is 0 Å². The fraction of sp³-hybridized carbons (Fsp3) is 0.375. The number of anilines is 1. The van der Waals surface area contributed by atoms with Gasteiger partial charge in [-0.3, -0.25) is 0 Å². The van der Waals surface area contributed by atoms with E-state index in [0.717, 1.165) is 30.8 Å². The van der Waals surface area contributed by atoms with Gasteiger partial charge in [0.25, 0.3) is 0 Å². The number of benzene rings is 1. The number of hydrogen-bond donors (Lipinski definition) is 3. The van der Waals surface area contributed by atoms with Crippen molar-refractivity contribution in [1.29, 1.82) is 0 Å². The lowest BCUT2D eigenvalue weighted by Gasteiger charge is -2.38. The molecule has 0 saturated heterocycles. The first-order valence-electron chi connectivity index (χ1n) is 7.01. The molecule has 0 saturated carbocycles. The van der Waals surface area contributed by atoms with Crippen molar-refractivity contribution >= 4 is 5.69 Å². The van der Waals surface area contributed by atoms with Crippen molar-refractivity contribution < 1.29 is 0 Å². The van der Waals surface area contributed by atoms with E-state index in [-0.39, 0.29) is 0 Å². The molecule has 0 aromatic heterocycles. The summed E-state index contributed by atoms with van der Waals surface area (Å²) in [6.45, 7) is 1.04. The summed E-state index contributed by atoms with van der Waals surface area (Å²) in [5.74, 6) is 0. The smallest absolute Gasteiger partial charge is 0.148 e. The lowest BCUT2D eigenvalue weighted by Crippen LogP contribution is -2.54. The van der Waals surface area contributed by atoms with E-state index >= 15 is 0 Å². The van der Waals surface area contributed by atoms with Gasteiger partial charge < -0.3 is 21.3 Å². The summed E-state index contributed by atoms with van der Waals surface area (Å²) in [7, 11) is 4.18. The number of nitrogens with zero attached hydrogens (tertiary/aromatic N) is 1. The zero-order chi connectivity index (χ0) is 14.4. The Bertz CT molecular complexity index is 479. The lowest BCUT2D eigenvalue weighted by molar-refractivity contribution is 0.353. The van der Waals surface area contributed by atoms with Gasteiger partial charge in [-0.2, -0.15) is 0 Å². The molecule has 1 aliphatic rings. The third kappa shape index (κ3) is 3.54. The van der Waals surface area contributed by atoms with Crippen molar-refractivity contribution in [2.75, 3.05) is 26.0 Å². The first-order chi connectivity index (χ1) is 9.62. The first-order valence-corrected chi connectivity index (χ1v) is 7.01. The summed E-state index contributed by atoms with van der Waals surface area (Å²) in [4.78, 5) is 2.19. The Labute approximate surface area is 121 Å². The molecule has 0 amide bonds. The van der Waals surface area contributed by atoms with E-state index < -0.39 is 5.66 Å². The highest BCUT2D eigenvalue weighted by molar-refractivity contribution is 5.49. The zero-order valence-electron chi connectivity index (χ0n) is 12.3. The summed E-state index contributed by atoms with van der Waals surface area (Å²) < 4.78 is 0. The van der Waals surface area contributed by atoms with Crippen LogP contribution in [0.1, 0.15) is 12.8 Å². The lowest BCUT2D eigenvalue weighted by atomic mass is 9.96. The van der Waals surface area contributed by atoms with Crippen LogP contribution in [0, 0.1) is 0 Å². The number of hydrogen-bond acceptors (Lipinski definition) is 4. The van der Waals surface area contributed by atoms with Crippen molar-refractivity contribution in [2.24, 2.45) is 5.73 Å². The van der Waals surface area contributed by atoms with E-state index in [9.17, 15) is 0 Å². The van der Waals surface area contributed by atoms with Crippen molar-refractivity contribution in [1.82, 2.24) is 10.2 Å². The summed E-state index contributed by atoms with van der Waals surface area (Å²) in [5.41, 5.74) is 7.74. The quantitative estimate of drug-likeness (QED) is 0.742. The summed E-state index contributed by atoms with van der Waals surface area (Å²) in [6, 6.07) is 10.2. The maximum Gasteiger partial charge on any atom is 0.148 e. The Kier molecular flexibility index (Phi) is 4.69. The van der Waals surface area contributed by atoms with Crippen LogP contribution in [0.2, 0.25) is 0 Å². The van der Waals surface area contributed by atoms with Crippen molar-refractivity contribution in [3.63, 3.8) is 0 Å². The van der Waals surface area contributed by atoms with Crippen LogP contribution in [-0.2, 0) is 0 Å².